The summed E-state index contributed by atoms with van der Waals surface area (Å²) in [6.07, 6.45) is 8.69. The van der Waals surface area contributed by atoms with Gasteiger partial charge in [-0.25, -0.2) is 8.42 Å². The third-order valence-electron chi connectivity index (χ3n) is 5.44. The molecule has 0 radical (unpaired) electrons. The van der Waals surface area contributed by atoms with Crippen LogP contribution in [0.25, 0.3) is 0 Å². The highest BCUT2D eigenvalue weighted by Crippen LogP contribution is 2.23. The fourth-order valence-electron chi connectivity index (χ4n) is 3.81. The Morgan fingerprint density at radius 2 is 1.48 bits per heavy atom. The van der Waals surface area contributed by atoms with Crippen molar-refractivity contribution in [3.8, 4) is 0 Å². The van der Waals surface area contributed by atoms with Gasteiger partial charge in [0.1, 0.15) is 0 Å². The highest BCUT2D eigenvalue weighted by Gasteiger charge is 2.26. The van der Waals surface area contributed by atoms with Gasteiger partial charge in [0.25, 0.3) is 0 Å². The quantitative estimate of drug-likeness (QED) is 0.835. The maximum atomic E-state index is 12.8. The molecule has 1 N–H and O–H groups in total. The smallest absolute Gasteiger partial charge is 0.243 e. The number of benzene rings is 1. The zero-order chi connectivity index (χ0) is 19.1. The Morgan fingerprint density at radius 1 is 0.889 bits per heavy atom. The molecule has 3 rings (SSSR count). The Labute approximate surface area is 163 Å². The number of rotatable bonds is 5. The second-order valence-corrected chi connectivity index (χ2v) is 9.43. The number of anilines is 1. The van der Waals surface area contributed by atoms with Crippen LogP contribution in [-0.4, -0.2) is 56.3 Å². The summed E-state index contributed by atoms with van der Waals surface area (Å²) in [5.74, 6) is 0.0844. The van der Waals surface area contributed by atoms with Gasteiger partial charge in [-0.1, -0.05) is 31.7 Å². The Balaban J connectivity index is 1.61. The highest BCUT2D eigenvalue weighted by molar-refractivity contribution is 7.89. The zero-order valence-corrected chi connectivity index (χ0v) is 16.8. The summed E-state index contributed by atoms with van der Waals surface area (Å²) >= 11 is 0. The fraction of sp³-hybridized carbons (Fsp3) is 0.650. The first-order valence-corrected chi connectivity index (χ1v) is 11.6. The molecule has 0 saturated carbocycles. The van der Waals surface area contributed by atoms with E-state index in [2.05, 4.69) is 5.32 Å². The van der Waals surface area contributed by atoms with E-state index in [1.807, 2.05) is 11.0 Å². The van der Waals surface area contributed by atoms with Gasteiger partial charge in [-0.3, -0.25) is 4.79 Å². The number of amides is 1. The van der Waals surface area contributed by atoms with Crippen molar-refractivity contribution in [1.82, 2.24) is 9.21 Å². The summed E-state index contributed by atoms with van der Waals surface area (Å²) in [5, 5.41) is 3.12. The van der Waals surface area contributed by atoms with Crippen molar-refractivity contribution in [2.75, 3.05) is 38.0 Å². The summed E-state index contributed by atoms with van der Waals surface area (Å²) < 4.78 is 27.2. The van der Waals surface area contributed by atoms with E-state index >= 15 is 0 Å². The minimum absolute atomic E-state index is 0.0844. The Hall–Kier alpha value is -1.60. The number of carbonyl (C=O) groups is 1. The van der Waals surface area contributed by atoms with Crippen molar-refractivity contribution in [2.24, 2.45) is 0 Å². The van der Waals surface area contributed by atoms with Gasteiger partial charge in [0.2, 0.25) is 15.9 Å². The molecule has 0 aromatic heterocycles. The summed E-state index contributed by atoms with van der Waals surface area (Å²) in [5.41, 5.74) is 0.675. The van der Waals surface area contributed by atoms with Gasteiger partial charge in [0.15, 0.2) is 0 Å². The van der Waals surface area contributed by atoms with Crippen LogP contribution in [0.3, 0.4) is 0 Å². The molecule has 27 heavy (non-hydrogen) atoms. The monoisotopic (exact) mass is 393 g/mol. The predicted molar refractivity (Wildman–Crippen MR) is 107 cm³/mol. The normalized spacial score (nSPS) is 19.9. The average molecular weight is 394 g/mol. The predicted octanol–water partition coefficient (Wildman–Crippen LogP) is 3.07. The molecular weight excluding hydrogens is 362 g/mol. The number of sulfonamides is 1. The SMILES string of the molecule is O=C(CNc1cccc(S(=O)(=O)N2CCCCC2)c1)N1CCCCCCC1. The summed E-state index contributed by atoms with van der Waals surface area (Å²) in [7, 11) is -3.45. The highest BCUT2D eigenvalue weighted by atomic mass is 32.2. The summed E-state index contributed by atoms with van der Waals surface area (Å²) in [6, 6.07) is 6.83. The Kier molecular flexibility index (Phi) is 7.13. The lowest BCUT2D eigenvalue weighted by Crippen LogP contribution is -2.37. The molecule has 0 bridgehead atoms. The van der Waals surface area contributed by atoms with Crippen molar-refractivity contribution in [3.05, 3.63) is 24.3 Å². The van der Waals surface area contributed by atoms with Crippen LogP contribution in [0.4, 0.5) is 5.69 Å². The van der Waals surface area contributed by atoms with Crippen LogP contribution >= 0.6 is 0 Å². The lowest BCUT2D eigenvalue weighted by molar-refractivity contribution is -0.129. The lowest BCUT2D eigenvalue weighted by Gasteiger charge is -2.26. The Morgan fingerprint density at radius 3 is 2.19 bits per heavy atom. The first-order valence-electron chi connectivity index (χ1n) is 10.2. The standard InChI is InChI=1S/C20H31N3O3S/c24-20(22-12-5-2-1-3-6-13-22)17-21-18-10-9-11-19(16-18)27(25,26)23-14-7-4-8-15-23/h9-11,16,21H,1-8,12-15,17H2. The van der Waals surface area contributed by atoms with Crippen LogP contribution in [0.1, 0.15) is 51.4 Å². The molecule has 1 aromatic rings. The second kappa shape index (κ2) is 9.55. The van der Waals surface area contributed by atoms with Gasteiger partial charge in [-0.15, -0.1) is 0 Å². The van der Waals surface area contributed by atoms with Crippen LogP contribution in [0, 0.1) is 0 Å². The summed E-state index contributed by atoms with van der Waals surface area (Å²) in [4.78, 5) is 14.7. The number of carbonyl (C=O) groups excluding carboxylic acids is 1. The van der Waals surface area contributed by atoms with E-state index < -0.39 is 10.0 Å². The van der Waals surface area contributed by atoms with Crippen molar-refractivity contribution in [1.29, 1.82) is 0 Å². The maximum Gasteiger partial charge on any atom is 0.243 e. The molecule has 150 valence electrons. The minimum Gasteiger partial charge on any atom is -0.376 e. The number of likely N-dealkylation sites (tertiary alicyclic amines) is 1. The first kappa shape index (κ1) is 20.1. The molecule has 2 aliphatic rings. The lowest BCUT2D eigenvalue weighted by atomic mass is 10.1. The topological polar surface area (TPSA) is 69.7 Å². The van der Waals surface area contributed by atoms with Gasteiger partial charge in [-0.2, -0.15) is 4.31 Å². The van der Waals surface area contributed by atoms with E-state index in [0.29, 0.717) is 23.7 Å². The number of piperidine rings is 1. The van der Waals surface area contributed by atoms with E-state index in [-0.39, 0.29) is 12.5 Å². The minimum atomic E-state index is -3.45. The molecule has 2 heterocycles. The van der Waals surface area contributed by atoms with Crippen molar-refractivity contribution >= 4 is 21.6 Å². The molecule has 0 unspecified atom stereocenters. The van der Waals surface area contributed by atoms with Gasteiger partial charge in [0.05, 0.1) is 11.4 Å². The van der Waals surface area contributed by atoms with Crippen molar-refractivity contribution < 1.29 is 13.2 Å². The first-order chi connectivity index (χ1) is 13.1. The molecule has 2 fully saturated rings. The number of hydrogen-bond donors (Lipinski definition) is 1. The van der Waals surface area contributed by atoms with Crippen LogP contribution < -0.4 is 5.32 Å². The van der Waals surface area contributed by atoms with Crippen molar-refractivity contribution in [3.63, 3.8) is 0 Å². The van der Waals surface area contributed by atoms with E-state index in [0.717, 1.165) is 45.2 Å². The molecule has 0 atom stereocenters. The average Bonchev–Trinajstić information content (AvgIpc) is 2.67. The van der Waals surface area contributed by atoms with Gasteiger partial charge < -0.3 is 10.2 Å². The third-order valence-corrected chi connectivity index (χ3v) is 7.33. The van der Waals surface area contributed by atoms with Gasteiger partial charge in [-0.05, 0) is 43.9 Å². The fourth-order valence-corrected chi connectivity index (χ4v) is 5.37. The van der Waals surface area contributed by atoms with Gasteiger partial charge in [0, 0.05) is 31.9 Å². The third kappa shape index (κ3) is 5.45. The number of hydrogen-bond acceptors (Lipinski definition) is 4. The molecule has 7 heteroatoms. The molecule has 0 spiro atoms. The molecule has 0 aliphatic carbocycles. The molecule has 1 aromatic carbocycles. The van der Waals surface area contributed by atoms with Crippen LogP contribution in [0.5, 0.6) is 0 Å². The van der Waals surface area contributed by atoms with Crippen LogP contribution in [0.2, 0.25) is 0 Å². The van der Waals surface area contributed by atoms with Gasteiger partial charge >= 0.3 is 0 Å². The molecule has 6 nitrogen and oxygen atoms in total. The Bertz CT molecular complexity index is 722. The summed E-state index contributed by atoms with van der Waals surface area (Å²) in [6.45, 7) is 3.03. The van der Waals surface area contributed by atoms with E-state index in [1.165, 1.54) is 19.3 Å². The molecule has 2 aliphatic heterocycles. The largest absolute Gasteiger partial charge is 0.376 e. The number of nitrogens with one attached hydrogen (secondary N) is 1. The van der Waals surface area contributed by atoms with E-state index in [4.69, 9.17) is 0 Å². The number of nitrogens with zero attached hydrogens (tertiary/aromatic N) is 2. The van der Waals surface area contributed by atoms with E-state index in [9.17, 15) is 13.2 Å². The molecular formula is C20H31N3O3S. The van der Waals surface area contributed by atoms with Crippen LogP contribution in [-0.2, 0) is 14.8 Å². The second-order valence-electron chi connectivity index (χ2n) is 7.49. The van der Waals surface area contributed by atoms with E-state index in [1.54, 1.807) is 22.5 Å². The molecule has 1 amide bonds. The zero-order valence-electron chi connectivity index (χ0n) is 16.0. The van der Waals surface area contributed by atoms with Crippen molar-refractivity contribution in [2.45, 2.75) is 56.3 Å². The molecule has 2 saturated heterocycles. The van der Waals surface area contributed by atoms with Crippen LogP contribution in [0.15, 0.2) is 29.2 Å². The maximum absolute atomic E-state index is 12.8.